The molecular formula is C26H26N4O4. The summed E-state index contributed by atoms with van der Waals surface area (Å²) < 4.78 is 5.69. The highest BCUT2D eigenvalue weighted by atomic mass is 16.6. The number of benzene rings is 2. The third-order valence-corrected chi connectivity index (χ3v) is 5.52. The first-order valence-electron chi connectivity index (χ1n) is 11.0. The Kier molecular flexibility index (Phi) is 6.87. The number of anilines is 1. The summed E-state index contributed by atoms with van der Waals surface area (Å²) in [6.07, 6.45) is 0.301. The molecule has 3 amide bonds. The van der Waals surface area contributed by atoms with Gasteiger partial charge in [-0.1, -0.05) is 48.0 Å². The molecule has 174 valence electrons. The zero-order chi connectivity index (χ0) is 24.1. The lowest BCUT2D eigenvalue weighted by Crippen LogP contribution is -2.46. The van der Waals surface area contributed by atoms with Gasteiger partial charge in [0.25, 0.3) is 0 Å². The minimum absolute atomic E-state index is 0.184. The third kappa shape index (κ3) is 5.40. The fourth-order valence-electron chi connectivity index (χ4n) is 3.96. The summed E-state index contributed by atoms with van der Waals surface area (Å²) in [7, 11) is 0. The van der Waals surface area contributed by atoms with Crippen LogP contribution in [0.1, 0.15) is 35.4 Å². The van der Waals surface area contributed by atoms with Gasteiger partial charge in [-0.15, -0.1) is 0 Å². The highest BCUT2D eigenvalue weighted by Crippen LogP contribution is 2.34. The first-order chi connectivity index (χ1) is 16.4. The lowest BCUT2D eigenvalue weighted by Gasteiger charge is -2.24. The number of nitrogens with one attached hydrogen (secondary N) is 2. The Balaban J connectivity index is 1.60. The Morgan fingerprint density at radius 2 is 1.85 bits per heavy atom. The zero-order valence-electron chi connectivity index (χ0n) is 19.0. The third-order valence-electron chi connectivity index (χ3n) is 5.52. The summed E-state index contributed by atoms with van der Waals surface area (Å²) in [6.45, 7) is 3.87. The van der Waals surface area contributed by atoms with E-state index in [9.17, 15) is 14.4 Å². The predicted molar refractivity (Wildman–Crippen MR) is 127 cm³/mol. The molecular weight excluding hydrogens is 432 g/mol. The molecule has 3 aromatic rings. The zero-order valence-corrected chi connectivity index (χ0v) is 19.0. The largest absolute Gasteiger partial charge is 0.438 e. The topological polar surface area (TPSA) is 101 Å². The van der Waals surface area contributed by atoms with Gasteiger partial charge < -0.3 is 15.4 Å². The molecule has 2 atom stereocenters. The summed E-state index contributed by atoms with van der Waals surface area (Å²) >= 11 is 0. The van der Waals surface area contributed by atoms with E-state index in [1.165, 1.54) is 11.8 Å². The molecule has 2 aromatic carbocycles. The number of amides is 3. The summed E-state index contributed by atoms with van der Waals surface area (Å²) in [5.41, 5.74) is 3.95. The van der Waals surface area contributed by atoms with E-state index < -0.39 is 18.2 Å². The van der Waals surface area contributed by atoms with Crippen LogP contribution in [0.2, 0.25) is 0 Å². The molecule has 2 heterocycles. The quantitative estimate of drug-likeness (QED) is 0.562. The standard InChI is InChI=1S/C26H26N4O4/c1-17-6-5-7-19(14-17)16-30-23(25(32)28-15-22-8-3-4-13-27-22)24(34-26(30)33)20-9-11-21(12-10-20)29-18(2)31/h3-14,23-24H,15-16H2,1-2H3,(H,28,32)(H,29,31). The van der Waals surface area contributed by atoms with E-state index in [1.807, 2.05) is 43.3 Å². The molecule has 4 rings (SSSR count). The average molecular weight is 459 g/mol. The van der Waals surface area contributed by atoms with Crippen molar-refractivity contribution in [2.45, 2.75) is 39.1 Å². The van der Waals surface area contributed by atoms with Gasteiger partial charge in [0, 0.05) is 18.8 Å². The molecule has 1 saturated heterocycles. The lowest BCUT2D eigenvalue weighted by atomic mass is 10.00. The van der Waals surface area contributed by atoms with Crippen LogP contribution >= 0.6 is 0 Å². The summed E-state index contributed by atoms with van der Waals surface area (Å²) in [5.74, 6) is -0.517. The predicted octanol–water partition coefficient (Wildman–Crippen LogP) is 3.73. The minimum Gasteiger partial charge on any atom is -0.438 e. The van der Waals surface area contributed by atoms with Crippen molar-refractivity contribution in [3.63, 3.8) is 0 Å². The number of hydrogen-bond acceptors (Lipinski definition) is 5. The average Bonchev–Trinajstić information content (AvgIpc) is 3.14. The monoisotopic (exact) mass is 458 g/mol. The summed E-state index contributed by atoms with van der Waals surface area (Å²) in [4.78, 5) is 43.3. The van der Waals surface area contributed by atoms with Crippen molar-refractivity contribution in [2.75, 3.05) is 5.32 Å². The number of nitrogens with zero attached hydrogens (tertiary/aromatic N) is 2. The Bertz CT molecular complexity index is 1180. The SMILES string of the molecule is CC(=O)Nc1ccc(C2OC(=O)N(Cc3cccc(C)c3)C2C(=O)NCc2ccccn2)cc1. The van der Waals surface area contributed by atoms with Crippen molar-refractivity contribution in [3.05, 3.63) is 95.3 Å². The van der Waals surface area contributed by atoms with Crippen molar-refractivity contribution in [2.24, 2.45) is 0 Å². The second-order valence-corrected chi connectivity index (χ2v) is 8.21. The van der Waals surface area contributed by atoms with Gasteiger partial charge >= 0.3 is 6.09 Å². The smallest absolute Gasteiger partial charge is 0.411 e. The van der Waals surface area contributed by atoms with Gasteiger partial charge in [-0.3, -0.25) is 19.5 Å². The summed E-state index contributed by atoms with van der Waals surface area (Å²) in [5, 5.41) is 5.60. The molecule has 0 radical (unpaired) electrons. The van der Waals surface area contributed by atoms with Crippen molar-refractivity contribution in [1.82, 2.24) is 15.2 Å². The van der Waals surface area contributed by atoms with Crippen LogP contribution in [0.25, 0.3) is 0 Å². The Labute approximate surface area is 198 Å². The van der Waals surface area contributed by atoms with Crippen LogP contribution < -0.4 is 10.6 Å². The maximum atomic E-state index is 13.4. The molecule has 1 aromatic heterocycles. The van der Waals surface area contributed by atoms with Crippen LogP contribution in [0, 0.1) is 6.92 Å². The van der Waals surface area contributed by atoms with E-state index in [1.54, 1.807) is 36.5 Å². The van der Waals surface area contributed by atoms with Crippen LogP contribution in [-0.2, 0) is 27.4 Å². The first-order valence-corrected chi connectivity index (χ1v) is 11.0. The number of ether oxygens (including phenoxy) is 1. The number of cyclic esters (lactones) is 1. The number of carbonyl (C=O) groups is 3. The van der Waals surface area contributed by atoms with Gasteiger partial charge in [0.2, 0.25) is 11.8 Å². The molecule has 0 saturated carbocycles. The van der Waals surface area contributed by atoms with E-state index in [-0.39, 0.29) is 24.9 Å². The molecule has 1 aliphatic heterocycles. The van der Waals surface area contributed by atoms with Crippen LogP contribution in [0.3, 0.4) is 0 Å². The molecule has 1 fully saturated rings. The van der Waals surface area contributed by atoms with Crippen LogP contribution in [-0.4, -0.2) is 33.8 Å². The fourth-order valence-corrected chi connectivity index (χ4v) is 3.96. The Hall–Kier alpha value is -4.20. The normalized spacial score (nSPS) is 17.2. The van der Waals surface area contributed by atoms with E-state index in [2.05, 4.69) is 15.6 Å². The van der Waals surface area contributed by atoms with Crippen molar-refractivity contribution >= 4 is 23.6 Å². The molecule has 2 unspecified atom stereocenters. The Morgan fingerprint density at radius 1 is 1.06 bits per heavy atom. The lowest BCUT2D eigenvalue weighted by molar-refractivity contribution is -0.126. The van der Waals surface area contributed by atoms with E-state index in [0.717, 1.165) is 11.1 Å². The number of hydrogen-bond donors (Lipinski definition) is 2. The van der Waals surface area contributed by atoms with Gasteiger partial charge in [-0.05, 0) is 42.3 Å². The van der Waals surface area contributed by atoms with Gasteiger partial charge in [0.05, 0.1) is 18.8 Å². The first kappa shape index (κ1) is 23.0. The Morgan fingerprint density at radius 3 is 2.53 bits per heavy atom. The second-order valence-electron chi connectivity index (χ2n) is 8.21. The van der Waals surface area contributed by atoms with Crippen LogP contribution in [0.15, 0.2) is 72.9 Å². The molecule has 1 aliphatic rings. The van der Waals surface area contributed by atoms with Gasteiger partial charge in [-0.2, -0.15) is 0 Å². The molecule has 8 heteroatoms. The molecule has 0 spiro atoms. The van der Waals surface area contributed by atoms with Crippen LogP contribution in [0.4, 0.5) is 10.5 Å². The molecule has 8 nitrogen and oxygen atoms in total. The van der Waals surface area contributed by atoms with E-state index in [4.69, 9.17) is 4.74 Å². The van der Waals surface area contributed by atoms with Gasteiger partial charge in [-0.25, -0.2) is 4.79 Å². The van der Waals surface area contributed by atoms with E-state index >= 15 is 0 Å². The summed E-state index contributed by atoms with van der Waals surface area (Å²) in [6, 6.07) is 19.3. The maximum Gasteiger partial charge on any atom is 0.411 e. The minimum atomic E-state index is -0.872. The second kappa shape index (κ2) is 10.2. The fraction of sp³-hybridized carbons (Fsp3) is 0.231. The molecule has 0 aliphatic carbocycles. The van der Waals surface area contributed by atoms with Crippen molar-refractivity contribution < 1.29 is 19.1 Å². The number of aromatic nitrogens is 1. The molecule has 0 bridgehead atoms. The molecule has 2 N–H and O–H groups in total. The number of carbonyl (C=O) groups excluding carboxylic acids is 3. The van der Waals surface area contributed by atoms with Gasteiger partial charge in [0.1, 0.15) is 0 Å². The van der Waals surface area contributed by atoms with E-state index in [0.29, 0.717) is 16.9 Å². The van der Waals surface area contributed by atoms with Crippen molar-refractivity contribution in [1.29, 1.82) is 0 Å². The number of rotatable bonds is 7. The number of aryl methyl sites for hydroxylation is 1. The number of pyridine rings is 1. The highest BCUT2D eigenvalue weighted by Gasteiger charge is 2.46. The maximum absolute atomic E-state index is 13.4. The van der Waals surface area contributed by atoms with Gasteiger partial charge in [0.15, 0.2) is 12.1 Å². The van der Waals surface area contributed by atoms with Crippen LogP contribution in [0.5, 0.6) is 0 Å². The van der Waals surface area contributed by atoms with Crippen molar-refractivity contribution in [3.8, 4) is 0 Å². The highest BCUT2D eigenvalue weighted by molar-refractivity contribution is 5.90. The molecule has 34 heavy (non-hydrogen) atoms.